The molecule has 1 aliphatic heterocycles. The van der Waals surface area contributed by atoms with Gasteiger partial charge in [0.15, 0.2) is 0 Å². The largest absolute Gasteiger partial charge is 0.497 e. The number of methoxy groups -OCH3 is 2. The van der Waals surface area contributed by atoms with Gasteiger partial charge in [-0.2, -0.15) is 0 Å². The molecule has 2 aromatic rings. The summed E-state index contributed by atoms with van der Waals surface area (Å²) in [7, 11) is 3.32. The summed E-state index contributed by atoms with van der Waals surface area (Å²) in [5.41, 5.74) is 8.93. The van der Waals surface area contributed by atoms with Crippen molar-refractivity contribution < 1.29 is 9.47 Å². The number of fused-ring (bicyclic) bond motifs is 1. The van der Waals surface area contributed by atoms with Crippen LogP contribution in [0.25, 0.3) is 0 Å². The smallest absolute Gasteiger partial charge is 0.122 e. The number of hydrogen-bond donors (Lipinski definition) is 1. The van der Waals surface area contributed by atoms with E-state index in [1.165, 1.54) is 10.5 Å². The van der Waals surface area contributed by atoms with E-state index in [1.54, 1.807) is 14.2 Å². The van der Waals surface area contributed by atoms with Crippen LogP contribution in [0.15, 0.2) is 47.4 Å². The number of thioether (sulfide) groups is 1. The monoisotopic (exact) mass is 301 g/mol. The van der Waals surface area contributed by atoms with Crippen molar-refractivity contribution >= 4 is 11.8 Å². The average molecular weight is 301 g/mol. The van der Waals surface area contributed by atoms with Crippen molar-refractivity contribution in [2.24, 2.45) is 5.73 Å². The first-order chi connectivity index (χ1) is 10.2. The Hall–Kier alpha value is -1.65. The quantitative estimate of drug-likeness (QED) is 0.937. The minimum Gasteiger partial charge on any atom is -0.497 e. The molecule has 3 nitrogen and oxygen atoms in total. The van der Waals surface area contributed by atoms with Gasteiger partial charge in [0.05, 0.1) is 14.2 Å². The summed E-state index contributed by atoms with van der Waals surface area (Å²) in [6.45, 7) is 0. The van der Waals surface area contributed by atoms with Gasteiger partial charge >= 0.3 is 0 Å². The topological polar surface area (TPSA) is 44.5 Å². The summed E-state index contributed by atoms with van der Waals surface area (Å²) in [4.78, 5) is 1.34. The number of rotatable bonds is 4. The van der Waals surface area contributed by atoms with Gasteiger partial charge in [0.2, 0.25) is 0 Å². The average Bonchev–Trinajstić information content (AvgIpc) is 2.97. The van der Waals surface area contributed by atoms with Crippen LogP contribution in [-0.4, -0.2) is 20.0 Å². The van der Waals surface area contributed by atoms with Crippen LogP contribution in [0.5, 0.6) is 11.5 Å². The van der Waals surface area contributed by atoms with Gasteiger partial charge in [-0.05, 0) is 29.3 Å². The Morgan fingerprint density at radius 3 is 2.43 bits per heavy atom. The molecule has 1 heterocycles. The molecule has 0 amide bonds. The molecule has 0 saturated carbocycles. The van der Waals surface area contributed by atoms with Gasteiger partial charge in [-0.3, -0.25) is 0 Å². The summed E-state index contributed by atoms with van der Waals surface area (Å²) in [5.74, 6) is 2.89. The molecule has 0 fully saturated rings. The van der Waals surface area contributed by atoms with Gasteiger partial charge < -0.3 is 15.2 Å². The maximum absolute atomic E-state index is 6.54. The van der Waals surface area contributed by atoms with Crippen LogP contribution >= 0.6 is 11.8 Å². The fourth-order valence-electron chi connectivity index (χ4n) is 2.74. The summed E-state index contributed by atoms with van der Waals surface area (Å²) < 4.78 is 10.7. The molecule has 2 N–H and O–H groups in total. The second-order valence-corrected chi connectivity index (χ2v) is 6.19. The molecule has 2 aromatic carbocycles. The zero-order chi connectivity index (χ0) is 14.8. The molecule has 0 aliphatic carbocycles. The van der Waals surface area contributed by atoms with Crippen LogP contribution in [0.3, 0.4) is 0 Å². The second kappa shape index (κ2) is 6.00. The van der Waals surface area contributed by atoms with Gasteiger partial charge in [0.25, 0.3) is 0 Å². The molecular formula is C17H19NO2S. The molecule has 2 unspecified atom stereocenters. The Labute approximate surface area is 129 Å². The SMILES string of the molecule is COc1cc(OC)cc(C(N)C2CSc3ccccc32)c1. The Balaban J connectivity index is 1.94. The first kappa shape index (κ1) is 14.3. The van der Waals surface area contributed by atoms with Crippen LogP contribution in [0.4, 0.5) is 0 Å². The highest BCUT2D eigenvalue weighted by atomic mass is 32.2. The van der Waals surface area contributed by atoms with Crippen LogP contribution in [0.2, 0.25) is 0 Å². The van der Waals surface area contributed by atoms with E-state index >= 15 is 0 Å². The van der Waals surface area contributed by atoms with E-state index in [-0.39, 0.29) is 6.04 Å². The highest BCUT2D eigenvalue weighted by molar-refractivity contribution is 7.99. The Morgan fingerprint density at radius 1 is 1.10 bits per heavy atom. The predicted molar refractivity (Wildman–Crippen MR) is 86.4 cm³/mol. The molecule has 21 heavy (non-hydrogen) atoms. The zero-order valence-electron chi connectivity index (χ0n) is 12.2. The van der Waals surface area contributed by atoms with Crippen molar-refractivity contribution in [2.75, 3.05) is 20.0 Å². The lowest BCUT2D eigenvalue weighted by atomic mass is 9.89. The highest BCUT2D eigenvalue weighted by Crippen LogP contribution is 2.45. The van der Waals surface area contributed by atoms with Crippen molar-refractivity contribution in [2.45, 2.75) is 16.9 Å². The number of ether oxygens (including phenoxy) is 2. The molecule has 0 spiro atoms. The maximum Gasteiger partial charge on any atom is 0.122 e. The lowest BCUT2D eigenvalue weighted by molar-refractivity contribution is 0.392. The predicted octanol–water partition coefficient (Wildman–Crippen LogP) is 3.59. The fraction of sp³-hybridized carbons (Fsp3) is 0.294. The van der Waals surface area contributed by atoms with Gasteiger partial charge in [-0.1, -0.05) is 18.2 Å². The fourth-order valence-corrected chi connectivity index (χ4v) is 4.05. The van der Waals surface area contributed by atoms with Crippen molar-refractivity contribution in [3.05, 3.63) is 53.6 Å². The maximum atomic E-state index is 6.54. The van der Waals surface area contributed by atoms with E-state index in [0.717, 1.165) is 22.8 Å². The summed E-state index contributed by atoms with van der Waals surface area (Å²) >= 11 is 1.88. The van der Waals surface area contributed by atoms with E-state index in [9.17, 15) is 0 Å². The van der Waals surface area contributed by atoms with E-state index in [0.29, 0.717) is 5.92 Å². The summed E-state index contributed by atoms with van der Waals surface area (Å²) in [6, 6.07) is 14.3. The summed E-state index contributed by atoms with van der Waals surface area (Å²) in [5, 5.41) is 0. The van der Waals surface area contributed by atoms with Crippen LogP contribution in [-0.2, 0) is 0 Å². The Bertz CT molecular complexity index is 622. The Kier molecular flexibility index (Phi) is 4.08. The summed E-state index contributed by atoms with van der Waals surface area (Å²) in [6.07, 6.45) is 0. The van der Waals surface area contributed by atoms with Crippen LogP contribution in [0.1, 0.15) is 23.1 Å². The molecule has 3 rings (SSSR count). The first-order valence-corrected chi connectivity index (χ1v) is 7.91. The minimum absolute atomic E-state index is 0.0647. The molecule has 2 atom stereocenters. The zero-order valence-corrected chi connectivity index (χ0v) is 13.0. The molecule has 110 valence electrons. The Morgan fingerprint density at radius 2 is 1.76 bits per heavy atom. The van der Waals surface area contributed by atoms with Crippen molar-refractivity contribution in [3.8, 4) is 11.5 Å². The third-order valence-corrected chi connectivity index (χ3v) is 5.14. The van der Waals surface area contributed by atoms with Gasteiger partial charge in [0, 0.05) is 28.7 Å². The second-order valence-electron chi connectivity index (χ2n) is 5.13. The number of benzene rings is 2. The van der Waals surface area contributed by atoms with E-state index < -0.39 is 0 Å². The molecule has 0 aromatic heterocycles. The van der Waals surface area contributed by atoms with E-state index in [1.807, 2.05) is 30.0 Å². The molecule has 0 bridgehead atoms. The van der Waals surface area contributed by atoms with Crippen molar-refractivity contribution in [1.29, 1.82) is 0 Å². The van der Waals surface area contributed by atoms with Crippen molar-refractivity contribution in [1.82, 2.24) is 0 Å². The van der Waals surface area contributed by atoms with Gasteiger partial charge in [0.1, 0.15) is 11.5 Å². The lowest BCUT2D eigenvalue weighted by Crippen LogP contribution is -2.20. The highest BCUT2D eigenvalue weighted by Gasteiger charge is 2.29. The molecule has 0 saturated heterocycles. The first-order valence-electron chi connectivity index (χ1n) is 6.93. The third-order valence-electron chi connectivity index (χ3n) is 3.93. The molecule has 1 aliphatic rings. The molecule has 4 heteroatoms. The molecular weight excluding hydrogens is 282 g/mol. The van der Waals surface area contributed by atoms with E-state index in [4.69, 9.17) is 15.2 Å². The van der Waals surface area contributed by atoms with Crippen LogP contribution in [0, 0.1) is 0 Å². The minimum atomic E-state index is -0.0647. The van der Waals surface area contributed by atoms with Gasteiger partial charge in [-0.15, -0.1) is 11.8 Å². The van der Waals surface area contributed by atoms with Gasteiger partial charge in [-0.25, -0.2) is 0 Å². The standard InChI is InChI=1S/C17H19NO2S/c1-19-12-7-11(8-13(9-12)20-2)17(18)15-10-21-16-6-4-3-5-14(15)16/h3-9,15,17H,10,18H2,1-2H3. The van der Waals surface area contributed by atoms with Crippen LogP contribution < -0.4 is 15.2 Å². The number of hydrogen-bond acceptors (Lipinski definition) is 4. The number of nitrogens with two attached hydrogens (primary N) is 1. The third kappa shape index (κ3) is 2.74. The molecule has 0 radical (unpaired) electrons. The lowest BCUT2D eigenvalue weighted by Gasteiger charge is -2.21. The normalized spacial score (nSPS) is 18.1. The van der Waals surface area contributed by atoms with Crippen molar-refractivity contribution in [3.63, 3.8) is 0 Å². The van der Waals surface area contributed by atoms with E-state index in [2.05, 4.69) is 24.3 Å².